The largest absolute Gasteiger partial charge is 0.437 e. The minimum absolute atomic E-state index is 0.0455. The summed E-state index contributed by atoms with van der Waals surface area (Å²) in [6.45, 7) is 1.39. The minimum Gasteiger partial charge on any atom is -0.437 e. The van der Waals surface area contributed by atoms with Gasteiger partial charge in [0.2, 0.25) is 0 Å². The lowest BCUT2D eigenvalue weighted by Crippen LogP contribution is -2.55. The van der Waals surface area contributed by atoms with Gasteiger partial charge in [0.15, 0.2) is 11.8 Å². The molecule has 190 valence electrons. The Kier molecular flexibility index (Phi) is 6.26. The van der Waals surface area contributed by atoms with E-state index in [0.29, 0.717) is 32.1 Å². The smallest absolute Gasteiger partial charge is 0.435 e. The summed E-state index contributed by atoms with van der Waals surface area (Å²) in [6, 6.07) is 0. The van der Waals surface area contributed by atoms with Gasteiger partial charge < -0.3 is 19.1 Å². The Morgan fingerprint density at radius 3 is 2.26 bits per heavy atom. The Balaban J connectivity index is 1.52. The third-order valence-corrected chi connectivity index (χ3v) is 7.08. The first-order chi connectivity index (χ1) is 15.8. The molecule has 4 heterocycles. The number of imidazole rings is 1. The SMILES string of the molecule is CC(OC(=O)N1CCC2(CCCN2C(=O)c2c(C(F)(F)F)nc3n2CCCC3)CC1)C(F)(F)F. The summed E-state index contributed by atoms with van der Waals surface area (Å²) in [7, 11) is 0. The molecule has 34 heavy (non-hydrogen) atoms. The summed E-state index contributed by atoms with van der Waals surface area (Å²) in [5, 5.41) is 0. The number of hydrogen-bond donors (Lipinski definition) is 0. The number of carbonyl (C=O) groups is 2. The van der Waals surface area contributed by atoms with Gasteiger partial charge in [-0.3, -0.25) is 4.79 Å². The fraction of sp³-hybridized carbons (Fsp3) is 0.762. The van der Waals surface area contributed by atoms with Crippen molar-refractivity contribution in [3.63, 3.8) is 0 Å². The standard InChI is InChI=1S/C21H26F6N4O3/c1-13(20(22,23)24)34-18(33)29-11-7-19(8-12-29)6-4-10-31(19)17(32)15-16(21(25,26)27)28-14-5-2-3-9-30(14)15/h13H,2-12H2,1H3. The van der Waals surface area contributed by atoms with Gasteiger partial charge in [-0.1, -0.05) is 0 Å². The third kappa shape index (κ3) is 4.45. The maximum Gasteiger partial charge on any atom is 0.435 e. The molecule has 0 N–H and O–H groups in total. The second-order valence-corrected chi connectivity index (χ2v) is 9.17. The molecule has 1 atom stereocenters. The van der Waals surface area contributed by atoms with Crippen molar-refractivity contribution in [1.82, 2.24) is 19.4 Å². The lowest BCUT2D eigenvalue weighted by Gasteiger charge is -2.44. The van der Waals surface area contributed by atoms with Crippen molar-refractivity contribution >= 4 is 12.0 Å². The molecule has 1 unspecified atom stereocenters. The van der Waals surface area contributed by atoms with Crippen LogP contribution in [-0.2, 0) is 23.9 Å². The average molecular weight is 496 g/mol. The molecule has 1 aromatic heterocycles. The zero-order valence-corrected chi connectivity index (χ0v) is 18.6. The number of aromatic nitrogens is 2. The summed E-state index contributed by atoms with van der Waals surface area (Å²) < 4.78 is 85.3. The van der Waals surface area contributed by atoms with Gasteiger partial charge in [0.05, 0.1) is 0 Å². The molecule has 0 aromatic carbocycles. The Bertz CT molecular complexity index is 950. The van der Waals surface area contributed by atoms with Crippen molar-refractivity contribution in [2.75, 3.05) is 19.6 Å². The number of likely N-dealkylation sites (tertiary alicyclic amines) is 2. The van der Waals surface area contributed by atoms with E-state index in [9.17, 15) is 35.9 Å². The second-order valence-electron chi connectivity index (χ2n) is 9.17. The first-order valence-electron chi connectivity index (χ1n) is 11.3. The number of alkyl halides is 6. The number of nitrogens with zero attached hydrogens (tertiary/aromatic N) is 4. The molecule has 2 amide bonds. The van der Waals surface area contributed by atoms with Crippen LogP contribution in [0.3, 0.4) is 0 Å². The Hall–Kier alpha value is -2.47. The molecule has 2 fully saturated rings. The van der Waals surface area contributed by atoms with E-state index in [1.54, 1.807) is 0 Å². The summed E-state index contributed by atoms with van der Waals surface area (Å²) >= 11 is 0. The molecule has 3 aliphatic rings. The predicted molar refractivity (Wildman–Crippen MR) is 106 cm³/mol. The van der Waals surface area contributed by atoms with Crippen LogP contribution in [0.2, 0.25) is 0 Å². The van der Waals surface area contributed by atoms with E-state index in [1.165, 1.54) is 9.47 Å². The molecule has 0 saturated carbocycles. The average Bonchev–Trinajstić information content (AvgIpc) is 3.35. The van der Waals surface area contributed by atoms with Crippen LogP contribution < -0.4 is 0 Å². The van der Waals surface area contributed by atoms with Gasteiger partial charge in [-0.15, -0.1) is 0 Å². The summed E-state index contributed by atoms with van der Waals surface area (Å²) in [6.07, 6.45) is -9.45. The summed E-state index contributed by atoms with van der Waals surface area (Å²) in [5.41, 5.74) is -2.37. The van der Waals surface area contributed by atoms with Gasteiger partial charge in [-0.25, -0.2) is 9.78 Å². The summed E-state index contributed by atoms with van der Waals surface area (Å²) in [4.78, 5) is 32.1. The number of carbonyl (C=O) groups excluding carboxylic acids is 2. The van der Waals surface area contributed by atoms with E-state index in [2.05, 4.69) is 9.72 Å². The number of rotatable bonds is 2. The van der Waals surface area contributed by atoms with Gasteiger partial charge in [-0.05, 0) is 45.4 Å². The van der Waals surface area contributed by atoms with Crippen LogP contribution in [0.15, 0.2) is 0 Å². The van der Waals surface area contributed by atoms with Crippen molar-refractivity contribution in [3.8, 4) is 0 Å². The zero-order chi connectivity index (χ0) is 24.9. The number of halogens is 6. The van der Waals surface area contributed by atoms with Crippen molar-refractivity contribution in [2.45, 2.75) is 82.4 Å². The zero-order valence-electron chi connectivity index (χ0n) is 18.6. The summed E-state index contributed by atoms with van der Waals surface area (Å²) in [5.74, 6) is -0.473. The van der Waals surface area contributed by atoms with Gasteiger partial charge >= 0.3 is 18.4 Å². The molecule has 1 aromatic rings. The molecule has 0 bridgehead atoms. The molecule has 4 rings (SSSR count). The van der Waals surface area contributed by atoms with E-state index in [0.717, 1.165) is 11.8 Å². The first kappa shape index (κ1) is 24.6. The second kappa shape index (κ2) is 8.63. The highest BCUT2D eigenvalue weighted by Crippen LogP contribution is 2.42. The molecular formula is C21H26F6N4O3. The number of aryl methyl sites for hydroxylation is 1. The lowest BCUT2D eigenvalue weighted by molar-refractivity contribution is -0.200. The fourth-order valence-corrected chi connectivity index (χ4v) is 5.20. The van der Waals surface area contributed by atoms with Crippen LogP contribution in [0.25, 0.3) is 0 Å². The van der Waals surface area contributed by atoms with Gasteiger partial charge in [0.1, 0.15) is 11.5 Å². The maximum atomic E-state index is 13.8. The molecular weight excluding hydrogens is 470 g/mol. The van der Waals surface area contributed by atoms with Gasteiger partial charge in [-0.2, -0.15) is 26.3 Å². The maximum absolute atomic E-state index is 13.8. The Morgan fingerprint density at radius 2 is 1.65 bits per heavy atom. The van der Waals surface area contributed by atoms with Crippen molar-refractivity contribution in [3.05, 3.63) is 17.2 Å². The van der Waals surface area contributed by atoms with Crippen molar-refractivity contribution < 1.29 is 40.7 Å². The van der Waals surface area contributed by atoms with Gasteiger partial charge in [0.25, 0.3) is 5.91 Å². The predicted octanol–water partition coefficient (Wildman–Crippen LogP) is 4.40. The van der Waals surface area contributed by atoms with Crippen LogP contribution in [0.4, 0.5) is 31.1 Å². The monoisotopic (exact) mass is 496 g/mol. The number of amides is 2. The number of ether oxygens (including phenoxy) is 1. The Labute approximate surface area is 192 Å². The van der Waals surface area contributed by atoms with E-state index in [1.807, 2.05) is 0 Å². The van der Waals surface area contributed by atoms with Crippen LogP contribution in [0, 0.1) is 0 Å². The normalized spacial score (nSPS) is 21.5. The molecule has 7 nitrogen and oxygen atoms in total. The molecule has 0 radical (unpaired) electrons. The minimum atomic E-state index is -4.77. The highest BCUT2D eigenvalue weighted by molar-refractivity contribution is 5.95. The highest BCUT2D eigenvalue weighted by Gasteiger charge is 2.50. The quantitative estimate of drug-likeness (QED) is 0.570. The van der Waals surface area contributed by atoms with Gasteiger partial charge in [0, 0.05) is 38.1 Å². The molecule has 0 aliphatic carbocycles. The van der Waals surface area contributed by atoms with Crippen LogP contribution in [0.5, 0.6) is 0 Å². The molecule has 2 saturated heterocycles. The van der Waals surface area contributed by atoms with Crippen LogP contribution in [0.1, 0.15) is 67.5 Å². The van der Waals surface area contributed by atoms with E-state index in [-0.39, 0.29) is 44.8 Å². The van der Waals surface area contributed by atoms with Crippen LogP contribution >= 0.6 is 0 Å². The fourth-order valence-electron chi connectivity index (χ4n) is 5.20. The van der Waals surface area contributed by atoms with Crippen LogP contribution in [-0.4, -0.2) is 68.8 Å². The number of fused-ring (bicyclic) bond motifs is 1. The molecule has 1 spiro atoms. The topological polar surface area (TPSA) is 67.7 Å². The van der Waals surface area contributed by atoms with Crippen molar-refractivity contribution in [2.24, 2.45) is 0 Å². The van der Waals surface area contributed by atoms with E-state index >= 15 is 0 Å². The lowest BCUT2D eigenvalue weighted by atomic mass is 9.85. The highest BCUT2D eigenvalue weighted by atomic mass is 19.4. The number of piperidine rings is 1. The van der Waals surface area contributed by atoms with E-state index in [4.69, 9.17) is 0 Å². The molecule has 3 aliphatic heterocycles. The Morgan fingerprint density at radius 1 is 0.971 bits per heavy atom. The van der Waals surface area contributed by atoms with E-state index < -0.39 is 47.4 Å². The third-order valence-electron chi connectivity index (χ3n) is 7.08. The number of hydrogen-bond acceptors (Lipinski definition) is 4. The molecule has 13 heteroatoms. The van der Waals surface area contributed by atoms with Crippen molar-refractivity contribution in [1.29, 1.82) is 0 Å². The first-order valence-corrected chi connectivity index (χ1v) is 11.3.